The molecule has 3 nitrogen and oxygen atoms in total. The molecule has 0 unspecified atom stereocenters. The maximum absolute atomic E-state index is 13.2. The average molecular weight is 324 g/mol. The van der Waals surface area contributed by atoms with E-state index in [9.17, 15) is 12.8 Å². The lowest BCUT2D eigenvalue weighted by atomic mass is 10.2. The van der Waals surface area contributed by atoms with E-state index in [1.165, 1.54) is 12.3 Å². The molecule has 1 aromatic rings. The lowest BCUT2D eigenvalue weighted by Crippen LogP contribution is -2.18. The molecule has 0 fully saturated rings. The van der Waals surface area contributed by atoms with Crippen molar-refractivity contribution in [2.75, 3.05) is 18.6 Å². The maximum atomic E-state index is 13.2. The molecule has 0 saturated heterocycles. The standard InChI is InChI=1S/C11H15BrFNO2S/c1-17(15,16)7-3-6-14-8-9-4-2-5-10(13)11(9)12/h2,4-5,14H,3,6-8H2,1H3. The molecule has 0 heterocycles. The summed E-state index contributed by atoms with van der Waals surface area (Å²) in [6.45, 7) is 1.11. The first-order chi connectivity index (χ1) is 7.90. The van der Waals surface area contributed by atoms with Crippen LogP contribution in [0.3, 0.4) is 0 Å². The molecule has 1 rings (SSSR count). The quantitative estimate of drug-likeness (QED) is 0.816. The van der Waals surface area contributed by atoms with Gasteiger partial charge in [-0.3, -0.25) is 0 Å². The van der Waals surface area contributed by atoms with Crippen LogP contribution in [0, 0.1) is 5.82 Å². The van der Waals surface area contributed by atoms with Crippen LogP contribution in [-0.4, -0.2) is 27.0 Å². The van der Waals surface area contributed by atoms with Gasteiger partial charge >= 0.3 is 0 Å². The van der Waals surface area contributed by atoms with E-state index in [4.69, 9.17) is 0 Å². The second-order valence-electron chi connectivity index (χ2n) is 3.87. The minimum absolute atomic E-state index is 0.171. The topological polar surface area (TPSA) is 46.2 Å². The minimum atomic E-state index is -2.89. The predicted octanol–water partition coefficient (Wildman–Crippen LogP) is 2.11. The molecule has 6 heteroatoms. The van der Waals surface area contributed by atoms with Gasteiger partial charge < -0.3 is 5.32 Å². The monoisotopic (exact) mass is 323 g/mol. The molecule has 0 radical (unpaired) electrons. The SMILES string of the molecule is CS(=O)(=O)CCCNCc1cccc(F)c1Br. The molecule has 17 heavy (non-hydrogen) atoms. The van der Waals surface area contributed by atoms with Gasteiger partial charge in [0.1, 0.15) is 15.7 Å². The summed E-state index contributed by atoms with van der Waals surface area (Å²) in [5, 5.41) is 3.08. The molecule has 0 bridgehead atoms. The smallest absolute Gasteiger partial charge is 0.147 e. The molecular weight excluding hydrogens is 309 g/mol. The Labute approximate surface area is 109 Å². The van der Waals surface area contributed by atoms with Gasteiger partial charge in [-0.1, -0.05) is 12.1 Å². The van der Waals surface area contributed by atoms with E-state index in [1.54, 1.807) is 6.07 Å². The number of rotatable bonds is 6. The first kappa shape index (κ1) is 14.6. The van der Waals surface area contributed by atoms with E-state index in [-0.39, 0.29) is 11.6 Å². The number of halogens is 2. The van der Waals surface area contributed by atoms with Crippen LogP contribution < -0.4 is 5.32 Å². The van der Waals surface area contributed by atoms with Gasteiger partial charge in [0.05, 0.1) is 10.2 Å². The van der Waals surface area contributed by atoms with Crippen LogP contribution in [0.1, 0.15) is 12.0 Å². The third-order valence-corrected chi connectivity index (χ3v) is 4.13. The molecule has 0 aliphatic rings. The minimum Gasteiger partial charge on any atom is -0.313 e. The summed E-state index contributed by atoms with van der Waals surface area (Å²) in [5.41, 5.74) is 0.823. The van der Waals surface area contributed by atoms with Crippen molar-refractivity contribution in [2.24, 2.45) is 0 Å². The van der Waals surface area contributed by atoms with Gasteiger partial charge in [0.15, 0.2) is 0 Å². The highest BCUT2D eigenvalue weighted by molar-refractivity contribution is 9.10. The number of sulfone groups is 1. The molecule has 1 N–H and O–H groups in total. The van der Waals surface area contributed by atoms with Crippen molar-refractivity contribution in [3.8, 4) is 0 Å². The van der Waals surface area contributed by atoms with Gasteiger partial charge in [-0.05, 0) is 40.5 Å². The third-order valence-electron chi connectivity index (χ3n) is 2.22. The van der Waals surface area contributed by atoms with Crippen molar-refractivity contribution < 1.29 is 12.8 Å². The van der Waals surface area contributed by atoms with Crippen LogP contribution in [0.15, 0.2) is 22.7 Å². The average Bonchev–Trinajstić information content (AvgIpc) is 2.22. The number of nitrogens with one attached hydrogen (secondary N) is 1. The third kappa shape index (κ3) is 5.61. The van der Waals surface area contributed by atoms with E-state index in [1.807, 2.05) is 6.07 Å². The summed E-state index contributed by atoms with van der Waals surface area (Å²) in [4.78, 5) is 0. The normalized spacial score (nSPS) is 11.7. The molecular formula is C11H15BrFNO2S. The van der Waals surface area contributed by atoms with Crippen molar-refractivity contribution in [1.82, 2.24) is 5.32 Å². The van der Waals surface area contributed by atoms with Crippen LogP contribution in [0.2, 0.25) is 0 Å². The fourth-order valence-corrected chi connectivity index (χ4v) is 2.44. The van der Waals surface area contributed by atoms with Gasteiger partial charge in [-0.15, -0.1) is 0 Å². The van der Waals surface area contributed by atoms with E-state index < -0.39 is 9.84 Å². The maximum Gasteiger partial charge on any atom is 0.147 e. The Morgan fingerprint density at radius 1 is 1.41 bits per heavy atom. The molecule has 0 spiro atoms. The summed E-state index contributed by atoms with van der Waals surface area (Å²) in [6.07, 6.45) is 1.78. The molecule has 0 aromatic heterocycles. The Kier molecular flexibility index (Phi) is 5.55. The van der Waals surface area contributed by atoms with Gasteiger partial charge in [-0.25, -0.2) is 12.8 Å². The zero-order chi connectivity index (χ0) is 12.9. The zero-order valence-electron chi connectivity index (χ0n) is 9.54. The van der Waals surface area contributed by atoms with Crippen LogP contribution in [-0.2, 0) is 16.4 Å². The van der Waals surface area contributed by atoms with Crippen LogP contribution >= 0.6 is 15.9 Å². The predicted molar refractivity (Wildman–Crippen MR) is 70.1 cm³/mol. The fourth-order valence-electron chi connectivity index (χ4n) is 1.37. The second kappa shape index (κ2) is 6.47. The highest BCUT2D eigenvalue weighted by atomic mass is 79.9. The lowest BCUT2D eigenvalue weighted by Gasteiger charge is -2.07. The largest absolute Gasteiger partial charge is 0.313 e. The highest BCUT2D eigenvalue weighted by Crippen LogP contribution is 2.19. The Bertz CT molecular complexity index is 476. The molecule has 0 amide bonds. The van der Waals surface area contributed by atoms with Crippen molar-refractivity contribution in [1.29, 1.82) is 0 Å². The Morgan fingerprint density at radius 3 is 2.76 bits per heavy atom. The van der Waals surface area contributed by atoms with Crippen LogP contribution in [0.5, 0.6) is 0 Å². The summed E-state index contributed by atoms with van der Waals surface area (Å²) in [5.74, 6) is -0.120. The summed E-state index contributed by atoms with van der Waals surface area (Å²) in [7, 11) is -2.89. The summed E-state index contributed by atoms with van der Waals surface area (Å²) in [6, 6.07) is 4.85. The molecule has 0 aliphatic heterocycles. The zero-order valence-corrected chi connectivity index (χ0v) is 11.9. The molecule has 0 saturated carbocycles. The Morgan fingerprint density at radius 2 is 2.12 bits per heavy atom. The first-order valence-corrected chi connectivity index (χ1v) is 8.07. The molecule has 1 aromatic carbocycles. The van der Waals surface area contributed by atoms with Gasteiger partial charge in [0.25, 0.3) is 0 Å². The lowest BCUT2D eigenvalue weighted by molar-refractivity contribution is 0.593. The number of hydrogen-bond donors (Lipinski definition) is 1. The number of benzene rings is 1. The second-order valence-corrected chi connectivity index (χ2v) is 6.93. The Balaban J connectivity index is 2.34. The highest BCUT2D eigenvalue weighted by Gasteiger charge is 2.05. The Hall–Kier alpha value is -0.460. The van der Waals surface area contributed by atoms with Crippen molar-refractivity contribution in [3.63, 3.8) is 0 Å². The van der Waals surface area contributed by atoms with E-state index >= 15 is 0 Å². The van der Waals surface area contributed by atoms with Gasteiger partial charge in [0.2, 0.25) is 0 Å². The summed E-state index contributed by atoms with van der Waals surface area (Å²) < 4.78 is 35.4. The molecule has 96 valence electrons. The van der Waals surface area contributed by atoms with E-state index in [0.717, 1.165) is 5.56 Å². The first-order valence-electron chi connectivity index (χ1n) is 5.21. The van der Waals surface area contributed by atoms with E-state index in [2.05, 4.69) is 21.2 Å². The van der Waals surface area contributed by atoms with Crippen molar-refractivity contribution in [3.05, 3.63) is 34.1 Å². The fraction of sp³-hybridized carbons (Fsp3) is 0.455. The number of hydrogen-bond acceptors (Lipinski definition) is 3. The van der Waals surface area contributed by atoms with Crippen molar-refractivity contribution in [2.45, 2.75) is 13.0 Å². The summed E-state index contributed by atoms with van der Waals surface area (Å²) >= 11 is 3.17. The van der Waals surface area contributed by atoms with E-state index in [0.29, 0.717) is 24.0 Å². The van der Waals surface area contributed by atoms with Crippen molar-refractivity contribution >= 4 is 25.8 Å². The van der Waals surface area contributed by atoms with Crippen LogP contribution in [0.4, 0.5) is 4.39 Å². The van der Waals surface area contributed by atoms with Crippen LogP contribution in [0.25, 0.3) is 0 Å². The molecule has 0 aliphatic carbocycles. The van der Waals surface area contributed by atoms with Gasteiger partial charge in [0, 0.05) is 12.8 Å². The molecule has 0 atom stereocenters. The van der Waals surface area contributed by atoms with Gasteiger partial charge in [-0.2, -0.15) is 0 Å².